The van der Waals surface area contributed by atoms with Crippen LogP contribution < -0.4 is 10.6 Å². The Bertz CT molecular complexity index is 765. The number of halogens is 1. The summed E-state index contributed by atoms with van der Waals surface area (Å²) in [5, 5.41) is 5.89. The number of aryl methyl sites for hydroxylation is 2. The van der Waals surface area contributed by atoms with Crippen molar-refractivity contribution in [3.8, 4) is 11.1 Å². The molecule has 0 aliphatic carbocycles. The van der Waals surface area contributed by atoms with E-state index in [1.165, 1.54) is 6.07 Å². The quantitative estimate of drug-likeness (QED) is 0.883. The molecule has 1 saturated heterocycles. The number of hydrogen-bond acceptors (Lipinski definition) is 4. The SMILES string of the molecule is Cc1cc(-c2cnc(NCCN3CCNC3=O)nc2C)ccc1F. The van der Waals surface area contributed by atoms with E-state index in [0.717, 1.165) is 23.4 Å². The zero-order valence-electron chi connectivity index (χ0n) is 13.8. The predicted molar refractivity (Wildman–Crippen MR) is 90.4 cm³/mol. The van der Waals surface area contributed by atoms with E-state index < -0.39 is 0 Å². The highest BCUT2D eigenvalue weighted by Crippen LogP contribution is 2.24. The first kappa shape index (κ1) is 16.2. The van der Waals surface area contributed by atoms with Crippen molar-refractivity contribution in [3.63, 3.8) is 0 Å². The topological polar surface area (TPSA) is 70.2 Å². The lowest BCUT2D eigenvalue weighted by atomic mass is 10.0. The van der Waals surface area contributed by atoms with Crippen molar-refractivity contribution in [2.75, 3.05) is 31.5 Å². The summed E-state index contributed by atoms with van der Waals surface area (Å²) < 4.78 is 13.4. The van der Waals surface area contributed by atoms with Gasteiger partial charge < -0.3 is 15.5 Å². The van der Waals surface area contributed by atoms with Crippen LogP contribution in [0.1, 0.15) is 11.3 Å². The minimum Gasteiger partial charge on any atom is -0.352 e. The van der Waals surface area contributed by atoms with Gasteiger partial charge in [0, 0.05) is 37.9 Å². The average molecular weight is 329 g/mol. The molecular formula is C17H20FN5O. The molecule has 2 N–H and O–H groups in total. The van der Waals surface area contributed by atoms with Crippen LogP contribution in [0.3, 0.4) is 0 Å². The normalized spacial score (nSPS) is 14.0. The van der Waals surface area contributed by atoms with E-state index in [1.807, 2.05) is 6.92 Å². The smallest absolute Gasteiger partial charge is 0.317 e. The maximum absolute atomic E-state index is 13.4. The third-order valence-electron chi connectivity index (χ3n) is 4.06. The van der Waals surface area contributed by atoms with Crippen molar-refractivity contribution >= 4 is 12.0 Å². The van der Waals surface area contributed by atoms with E-state index >= 15 is 0 Å². The zero-order valence-corrected chi connectivity index (χ0v) is 13.8. The van der Waals surface area contributed by atoms with Crippen LogP contribution in [0.25, 0.3) is 11.1 Å². The van der Waals surface area contributed by atoms with Crippen LogP contribution in [-0.2, 0) is 0 Å². The largest absolute Gasteiger partial charge is 0.352 e. The molecule has 1 aliphatic rings. The second kappa shape index (κ2) is 6.82. The van der Waals surface area contributed by atoms with Gasteiger partial charge in [0.2, 0.25) is 5.95 Å². The van der Waals surface area contributed by atoms with Crippen molar-refractivity contribution in [2.45, 2.75) is 13.8 Å². The molecule has 24 heavy (non-hydrogen) atoms. The number of urea groups is 1. The van der Waals surface area contributed by atoms with Gasteiger partial charge in [0.05, 0.1) is 5.69 Å². The number of carbonyl (C=O) groups excluding carboxylic acids is 1. The summed E-state index contributed by atoms with van der Waals surface area (Å²) in [5.74, 6) is 0.302. The first-order valence-electron chi connectivity index (χ1n) is 7.91. The number of anilines is 1. The van der Waals surface area contributed by atoms with Crippen molar-refractivity contribution in [2.24, 2.45) is 0 Å². The molecule has 0 atom stereocenters. The predicted octanol–water partition coefficient (Wildman–Crippen LogP) is 2.34. The summed E-state index contributed by atoms with van der Waals surface area (Å²) in [6.45, 7) is 6.24. The summed E-state index contributed by atoms with van der Waals surface area (Å²) >= 11 is 0. The fourth-order valence-corrected chi connectivity index (χ4v) is 2.68. The molecule has 0 radical (unpaired) electrons. The number of carbonyl (C=O) groups is 1. The average Bonchev–Trinajstić information content (AvgIpc) is 2.96. The summed E-state index contributed by atoms with van der Waals surface area (Å²) in [7, 11) is 0. The fourth-order valence-electron chi connectivity index (χ4n) is 2.68. The van der Waals surface area contributed by atoms with Crippen molar-refractivity contribution < 1.29 is 9.18 Å². The summed E-state index contributed by atoms with van der Waals surface area (Å²) in [6.07, 6.45) is 1.74. The van der Waals surface area contributed by atoms with Gasteiger partial charge in [-0.15, -0.1) is 0 Å². The van der Waals surface area contributed by atoms with Crippen LogP contribution >= 0.6 is 0 Å². The molecular weight excluding hydrogens is 309 g/mol. The van der Waals surface area contributed by atoms with Gasteiger partial charge in [0.1, 0.15) is 5.82 Å². The van der Waals surface area contributed by atoms with E-state index in [0.29, 0.717) is 31.1 Å². The van der Waals surface area contributed by atoms with E-state index in [1.54, 1.807) is 30.2 Å². The number of nitrogens with zero attached hydrogens (tertiary/aromatic N) is 3. The number of rotatable bonds is 5. The Morgan fingerprint density at radius 2 is 2.21 bits per heavy atom. The highest BCUT2D eigenvalue weighted by atomic mass is 19.1. The van der Waals surface area contributed by atoms with Gasteiger partial charge in [-0.1, -0.05) is 6.07 Å². The van der Waals surface area contributed by atoms with E-state index in [2.05, 4.69) is 20.6 Å². The van der Waals surface area contributed by atoms with Crippen molar-refractivity contribution in [1.29, 1.82) is 0 Å². The summed E-state index contributed by atoms with van der Waals surface area (Å²) in [5.41, 5.74) is 3.18. The molecule has 0 saturated carbocycles. The molecule has 1 fully saturated rings. The summed E-state index contributed by atoms with van der Waals surface area (Å²) in [6, 6.07) is 4.95. The lowest BCUT2D eigenvalue weighted by molar-refractivity contribution is 0.219. The van der Waals surface area contributed by atoms with Crippen LogP contribution in [0.4, 0.5) is 15.1 Å². The highest BCUT2D eigenvalue weighted by molar-refractivity contribution is 5.76. The molecule has 0 bridgehead atoms. The molecule has 2 aromatic rings. The minimum absolute atomic E-state index is 0.0315. The zero-order chi connectivity index (χ0) is 17.1. The van der Waals surface area contributed by atoms with E-state index in [9.17, 15) is 9.18 Å². The molecule has 0 unspecified atom stereocenters. The molecule has 1 aromatic heterocycles. The maximum atomic E-state index is 13.4. The highest BCUT2D eigenvalue weighted by Gasteiger charge is 2.18. The second-order valence-corrected chi connectivity index (χ2v) is 5.80. The minimum atomic E-state index is -0.221. The number of nitrogens with one attached hydrogen (secondary N) is 2. The van der Waals surface area contributed by atoms with Gasteiger partial charge in [-0.2, -0.15) is 0 Å². The molecule has 2 amide bonds. The molecule has 0 spiro atoms. The van der Waals surface area contributed by atoms with Gasteiger partial charge in [-0.25, -0.2) is 19.2 Å². The molecule has 126 valence electrons. The Morgan fingerprint density at radius 1 is 1.38 bits per heavy atom. The van der Waals surface area contributed by atoms with Crippen molar-refractivity contribution in [1.82, 2.24) is 20.2 Å². The number of amides is 2. The van der Waals surface area contributed by atoms with Crippen LogP contribution in [-0.4, -0.2) is 47.1 Å². The number of hydrogen-bond donors (Lipinski definition) is 2. The summed E-state index contributed by atoms with van der Waals surface area (Å²) in [4.78, 5) is 22.0. The Morgan fingerprint density at radius 3 is 2.88 bits per heavy atom. The Kier molecular flexibility index (Phi) is 4.59. The number of benzene rings is 1. The monoisotopic (exact) mass is 329 g/mol. The third-order valence-corrected chi connectivity index (χ3v) is 4.06. The molecule has 7 heteroatoms. The van der Waals surface area contributed by atoms with Crippen LogP contribution in [0.15, 0.2) is 24.4 Å². The molecule has 1 aliphatic heterocycles. The first-order chi connectivity index (χ1) is 11.5. The van der Waals surface area contributed by atoms with Crippen molar-refractivity contribution in [3.05, 3.63) is 41.5 Å². The lowest BCUT2D eigenvalue weighted by Gasteiger charge is -2.14. The standard InChI is InChI=1S/C17H20FN5O/c1-11-9-13(3-4-15(11)18)14-10-21-16(22-12(14)2)19-5-7-23-8-6-20-17(23)24/h3-4,9-10H,5-8H2,1-2H3,(H,20,24)(H,19,21,22). The van der Waals surface area contributed by atoms with Gasteiger partial charge in [-0.05, 0) is 37.1 Å². The fraction of sp³-hybridized carbons (Fsp3) is 0.353. The third kappa shape index (κ3) is 3.45. The van der Waals surface area contributed by atoms with Crippen LogP contribution in [0.5, 0.6) is 0 Å². The molecule has 6 nitrogen and oxygen atoms in total. The molecule has 2 heterocycles. The first-order valence-corrected chi connectivity index (χ1v) is 7.91. The molecule has 1 aromatic carbocycles. The van der Waals surface area contributed by atoms with Gasteiger partial charge in [0.25, 0.3) is 0 Å². The Hall–Kier alpha value is -2.70. The van der Waals surface area contributed by atoms with E-state index in [-0.39, 0.29) is 11.8 Å². The second-order valence-electron chi connectivity index (χ2n) is 5.80. The molecule has 3 rings (SSSR count). The van der Waals surface area contributed by atoms with Crippen LogP contribution in [0, 0.1) is 19.7 Å². The number of aromatic nitrogens is 2. The van der Waals surface area contributed by atoms with Crippen LogP contribution in [0.2, 0.25) is 0 Å². The van der Waals surface area contributed by atoms with Gasteiger partial charge >= 0.3 is 6.03 Å². The Balaban J connectivity index is 1.65. The van der Waals surface area contributed by atoms with Gasteiger partial charge in [-0.3, -0.25) is 0 Å². The maximum Gasteiger partial charge on any atom is 0.317 e. The van der Waals surface area contributed by atoms with E-state index in [4.69, 9.17) is 0 Å². The van der Waals surface area contributed by atoms with Gasteiger partial charge in [0.15, 0.2) is 0 Å². The Labute approximate surface area is 140 Å². The lowest BCUT2D eigenvalue weighted by Crippen LogP contribution is -2.32.